The lowest BCUT2D eigenvalue weighted by molar-refractivity contribution is 0.447. The van der Waals surface area contributed by atoms with E-state index in [0.717, 1.165) is 10.5 Å². The Hall–Kier alpha value is -0.910. The third-order valence-corrected chi connectivity index (χ3v) is 4.65. The molecule has 1 aromatic heterocycles. The number of thiophene rings is 1. The van der Waals surface area contributed by atoms with Crippen LogP contribution < -0.4 is 5.32 Å². The summed E-state index contributed by atoms with van der Waals surface area (Å²) in [4.78, 5) is 1.20. The molecule has 0 aliphatic carbocycles. The number of phenolic OH excluding ortho intramolecular Hbond substituents is 1. The smallest absolute Gasteiger partial charge is 0.126 e. The Morgan fingerprint density at radius 2 is 2.22 bits per heavy atom. The van der Waals surface area contributed by atoms with E-state index in [-0.39, 0.29) is 11.8 Å². The molecular weight excluding hydrogens is 317 g/mol. The van der Waals surface area contributed by atoms with Gasteiger partial charge in [-0.25, -0.2) is 4.39 Å². The van der Waals surface area contributed by atoms with Gasteiger partial charge in [0.25, 0.3) is 0 Å². The Bertz CT molecular complexity index is 544. The number of hydrogen-bond acceptors (Lipinski definition) is 3. The van der Waals surface area contributed by atoms with Gasteiger partial charge < -0.3 is 10.4 Å². The molecule has 0 spiro atoms. The summed E-state index contributed by atoms with van der Waals surface area (Å²) in [5.74, 6) is -0.440. The van der Waals surface area contributed by atoms with Crippen molar-refractivity contribution in [3.63, 3.8) is 0 Å². The van der Waals surface area contributed by atoms with Crippen LogP contribution in [0.25, 0.3) is 0 Å². The molecule has 0 aliphatic rings. The predicted octanol–water partition coefficient (Wildman–Crippen LogP) is 4.21. The van der Waals surface area contributed by atoms with E-state index in [1.165, 1.54) is 10.9 Å². The maximum absolute atomic E-state index is 12.9. The van der Waals surface area contributed by atoms with Crippen LogP contribution in [-0.2, 0) is 6.54 Å². The molecule has 18 heavy (non-hydrogen) atoms. The zero-order chi connectivity index (χ0) is 13.1. The number of hydrogen-bond donors (Lipinski definition) is 2. The normalized spacial score (nSPS) is 12.6. The fraction of sp³-hybridized carbons (Fsp3) is 0.231. The Kier molecular flexibility index (Phi) is 4.37. The van der Waals surface area contributed by atoms with Gasteiger partial charge in [0.2, 0.25) is 0 Å². The van der Waals surface area contributed by atoms with Gasteiger partial charge in [-0.2, -0.15) is 0 Å². The molecule has 0 aliphatic heterocycles. The molecule has 2 N–H and O–H groups in total. The minimum atomic E-state index is -0.426. The highest BCUT2D eigenvalue weighted by molar-refractivity contribution is 9.10. The monoisotopic (exact) mass is 329 g/mol. The lowest BCUT2D eigenvalue weighted by atomic mass is 10.1. The number of rotatable bonds is 4. The molecule has 2 nitrogen and oxygen atoms in total. The first-order valence-corrected chi connectivity index (χ1v) is 7.19. The van der Waals surface area contributed by atoms with Gasteiger partial charge in [-0.3, -0.25) is 0 Å². The zero-order valence-corrected chi connectivity index (χ0v) is 12.2. The summed E-state index contributed by atoms with van der Waals surface area (Å²) in [5.41, 5.74) is 0.698. The summed E-state index contributed by atoms with van der Waals surface area (Å²) in [6, 6.07) is 6.05. The summed E-state index contributed by atoms with van der Waals surface area (Å²) in [7, 11) is 0. The van der Waals surface area contributed by atoms with Gasteiger partial charge in [0.1, 0.15) is 11.6 Å². The molecule has 5 heteroatoms. The minimum absolute atomic E-state index is 0.0137. The minimum Gasteiger partial charge on any atom is -0.508 e. The van der Waals surface area contributed by atoms with Gasteiger partial charge in [-0.05, 0) is 40.4 Å². The van der Waals surface area contributed by atoms with Crippen LogP contribution in [0.4, 0.5) is 4.39 Å². The van der Waals surface area contributed by atoms with Crippen molar-refractivity contribution < 1.29 is 9.50 Å². The molecule has 0 amide bonds. The Labute approximate surface area is 118 Å². The standard InChI is InChI=1S/C13H13BrFNOS/c1-8(10-3-2-9(15)6-12(10)17)16-7-13-11(14)4-5-18-13/h2-6,8,16-17H,7H2,1H3. The molecule has 1 unspecified atom stereocenters. The maximum atomic E-state index is 12.9. The van der Waals surface area contributed by atoms with Crippen molar-refractivity contribution >= 4 is 27.3 Å². The molecule has 1 heterocycles. The van der Waals surface area contributed by atoms with Crippen LogP contribution in [0.5, 0.6) is 5.75 Å². The second kappa shape index (κ2) is 5.82. The largest absolute Gasteiger partial charge is 0.508 e. The first-order valence-electron chi connectivity index (χ1n) is 5.51. The van der Waals surface area contributed by atoms with Crippen molar-refractivity contribution in [3.8, 4) is 5.75 Å². The molecule has 0 saturated carbocycles. The summed E-state index contributed by atoms with van der Waals surface area (Å²) in [5, 5.41) is 15.0. The lowest BCUT2D eigenvalue weighted by Crippen LogP contribution is -2.17. The second-order valence-electron chi connectivity index (χ2n) is 4.00. The Morgan fingerprint density at radius 1 is 1.44 bits per heavy atom. The summed E-state index contributed by atoms with van der Waals surface area (Å²) >= 11 is 5.13. The number of halogens is 2. The number of nitrogens with one attached hydrogen (secondary N) is 1. The number of benzene rings is 1. The summed E-state index contributed by atoms with van der Waals surface area (Å²) in [6.07, 6.45) is 0. The molecular formula is C13H13BrFNOS. The number of phenols is 1. The SMILES string of the molecule is CC(NCc1sccc1Br)c1ccc(F)cc1O. The van der Waals surface area contributed by atoms with Crippen LogP contribution in [0.1, 0.15) is 23.4 Å². The Morgan fingerprint density at radius 3 is 2.83 bits per heavy atom. The fourth-order valence-corrected chi connectivity index (χ4v) is 3.13. The average molecular weight is 330 g/mol. The molecule has 1 aromatic carbocycles. The summed E-state index contributed by atoms with van der Waals surface area (Å²) in [6.45, 7) is 2.64. The van der Waals surface area contributed by atoms with Crippen LogP contribution in [-0.4, -0.2) is 5.11 Å². The van der Waals surface area contributed by atoms with Crippen molar-refractivity contribution in [2.24, 2.45) is 0 Å². The molecule has 96 valence electrons. The van der Waals surface area contributed by atoms with E-state index in [0.29, 0.717) is 12.1 Å². The lowest BCUT2D eigenvalue weighted by Gasteiger charge is -2.15. The van der Waals surface area contributed by atoms with Gasteiger partial charge in [-0.1, -0.05) is 6.07 Å². The quantitative estimate of drug-likeness (QED) is 0.880. The number of aromatic hydroxyl groups is 1. The van der Waals surface area contributed by atoms with Crippen LogP contribution in [0.3, 0.4) is 0 Å². The highest BCUT2D eigenvalue weighted by Crippen LogP contribution is 2.27. The third-order valence-electron chi connectivity index (χ3n) is 2.72. The van der Waals surface area contributed by atoms with Crippen molar-refractivity contribution in [2.45, 2.75) is 19.5 Å². The van der Waals surface area contributed by atoms with E-state index >= 15 is 0 Å². The molecule has 2 aromatic rings. The predicted molar refractivity (Wildman–Crippen MR) is 75.3 cm³/mol. The summed E-state index contributed by atoms with van der Waals surface area (Å²) < 4.78 is 14.0. The van der Waals surface area contributed by atoms with Gasteiger partial charge in [0.15, 0.2) is 0 Å². The topological polar surface area (TPSA) is 32.3 Å². The van der Waals surface area contributed by atoms with E-state index in [2.05, 4.69) is 21.2 Å². The zero-order valence-electron chi connectivity index (χ0n) is 9.78. The highest BCUT2D eigenvalue weighted by Gasteiger charge is 2.11. The van der Waals surface area contributed by atoms with Crippen molar-refractivity contribution in [1.29, 1.82) is 0 Å². The van der Waals surface area contributed by atoms with E-state index in [4.69, 9.17) is 0 Å². The molecule has 0 saturated heterocycles. The van der Waals surface area contributed by atoms with E-state index in [1.807, 2.05) is 18.4 Å². The van der Waals surface area contributed by atoms with Crippen molar-refractivity contribution in [3.05, 3.63) is 50.4 Å². The van der Waals surface area contributed by atoms with Gasteiger partial charge >= 0.3 is 0 Å². The average Bonchev–Trinajstić information content (AvgIpc) is 2.72. The molecule has 0 fully saturated rings. The molecule has 0 radical (unpaired) electrons. The van der Waals surface area contributed by atoms with Crippen LogP contribution in [0.2, 0.25) is 0 Å². The highest BCUT2D eigenvalue weighted by atomic mass is 79.9. The van der Waals surface area contributed by atoms with Crippen molar-refractivity contribution in [2.75, 3.05) is 0 Å². The van der Waals surface area contributed by atoms with Crippen LogP contribution in [0, 0.1) is 5.82 Å². The Balaban J connectivity index is 2.03. The van der Waals surface area contributed by atoms with Crippen LogP contribution >= 0.6 is 27.3 Å². The van der Waals surface area contributed by atoms with Gasteiger partial charge in [-0.15, -0.1) is 11.3 Å². The second-order valence-corrected chi connectivity index (χ2v) is 5.85. The van der Waals surface area contributed by atoms with Gasteiger partial charge in [0, 0.05) is 33.6 Å². The molecule has 1 atom stereocenters. The van der Waals surface area contributed by atoms with E-state index in [9.17, 15) is 9.50 Å². The van der Waals surface area contributed by atoms with Gasteiger partial charge in [0.05, 0.1) is 0 Å². The first kappa shape index (κ1) is 13.5. The van der Waals surface area contributed by atoms with E-state index in [1.54, 1.807) is 17.4 Å². The molecule has 2 rings (SSSR count). The fourth-order valence-electron chi connectivity index (χ4n) is 1.69. The third kappa shape index (κ3) is 3.10. The van der Waals surface area contributed by atoms with E-state index < -0.39 is 5.82 Å². The van der Waals surface area contributed by atoms with Crippen LogP contribution in [0.15, 0.2) is 34.1 Å². The van der Waals surface area contributed by atoms with Crippen molar-refractivity contribution in [1.82, 2.24) is 5.32 Å². The first-order chi connectivity index (χ1) is 8.58. The molecule has 0 bridgehead atoms. The maximum Gasteiger partial charge on any atom is 0.126 e.